The van der Waals surface area contributed by atoms with Crippen LogP contribution in [0.25, 0.3) is 0 Å². The first-order valence-corrected chi connectivity index (χ1v) is 6.23. The second kappa shape index (κ2) is 8.66. The number of ether oxygens (including phenoxy) is 1. The van der Waals surface area contributed by atoms with Crippen molar-refractivity contribution in [2.45, 2.75) is 53.0 Å². The molecule has 0 saturated heterocycles. The number of carbonyl (C=O) groups excluding carboxylic acids is 1. The number of esters is 1. The van der Waals surface area contributed by atoms with E-state index < -0.39 is 12.0 Å². The summed E-state index contributed by atoms with van der Waals surface area (Å²) in [5.41, 5.74) is 1.26. The van der Waals surface area contributed by atoms with E-state index in [0.717, 1.165) is 12.8 Å². The van der Waals surface area contributed by atoms with Crippen molar-refractivity contribution < 1.29 is 14.5 Å². The Morgan fingerprint density at radius 1 is 1.39 bits per heavy atom. The van der Waals surface area contributed by atoms with Gasteiger partial charge in [0.25, 0.3) is 0 Å². The lowest BCUT2D eigenvalue weighted by Gasteiger charge is -2.14. The fraction of sp³-hybridized carbons (Fsp3) is 0.769. The number of hydrogen-bond acceptors (Lipinski definition) is 4. The predicted octanol–water partition coefficient (Wildman–Crippen LogP) is 2.97. The summed E-state index contributed by atoms with van der Waals surface area (Å²) in [7, 11) is 0. The fourth-order valence-electron chi connectivity index (χ4n) is 1.67. The van der Waals surface area contributed by atoms with Crippen LogP contribution < -0.4 is 0 Å². The number of hydrogen-bond donors (Lipinski definition) is 0. The third-order valence-electron chi connectivity index (χ3n) is 2.66. The van der Waals surface area contributed by atoms with Crippen LogP contribution in [0.1, 0.15) is 47.0 Å². The molecule has 104 valence electrons. The lowest BCUT2D eigenvalue weighted by Crippen LogP contribution is -2.28. The summed E-state index contributed by atoms with van der Waals surface area (Å²) < 4.78 is 4.72. The molecule has 0 aromatic carbocycles. The van der Waals surface area contributed by atoms with Gasteiger partial charge in [-0.25, -0.2) is 0 Å². The lowest BCUT2D eigenvalue weighted by atomic mass is 9.97. The van der Waals surface area contributed by atoms with E-state index in [0.29, 0.717) is 6.42 Å². The Morgan fingerprint density at radius 2 is 2.00 bits per heavy atom. The summed E-state index contributed by atoms with van der Waals surface area (Å²) >= 11 is 0. The molecule has 0 aromatic rings. The molecule has 0 radical (unpaired) electrons. The molecule has 2 unspecified atom stereocenters. The largest absolute Gasteiger partial charge is 0.459 e. The molecule has 0 fully saturated rings. The minimum Gasteiger partial charge on any atom is -0.459 e. The maximum Gasteiger partial charge on any atom is 0.302 e. The molecule has 0 N–H and O–H groups in total. The topological polar surface area (TPSA) is 69.4 Å². The van der Waals surface area contributed by atoms with Crippen molar-refractivity contribution in [2.24, 2.45) is 5.92 Å². The minimum absolute atomic E-state index is 0.130. The van der Waals surface area contributed by atoms with Crippen LogP contribution in [0, 0.1) is 16.0 Å². The van der Waals surface area contributed by atoms with Gasteiger partial charge in [0, 0.05) is 18.3 Å². The molecule has 0 aliphatic rings. The number of carbonyl (C=O) groups is 1. The van der Waals surface area contributed by atoms with Crippen LogP contribution in [0.3, 0.4) is 0 Å². The standard InChI is InChI=1S/C13H23NO4/c1-10(2)6-5-7-11(3)8-13(14(16)17)9-18-12(4)15/h6,11,13H,5,7-9H2,1-4H3. The molecule has 2 atom stereocenters. The third kappa shape index (κ3) is 8.73. The molecule has 0 amide bonds. The molecule has 18 heavy (non-hydrogen) atoms. The van der Waals surface area contributed by atoms with E-state index in [4.69, 9.17) is 4.74 Å². The predicted molar refractivity (Wildman–Crippen MR) is 69.9 cm³/mol. The molecule has 0 bridgehead atoms. The van der Waals surface area contributed by atoms with Crippen LogP contribution in [0.5, 0.6) is 0 Å². The van der Waals surface area contributed by atoms with Crippen molar-refractivity contribution >= 4 is 5.97 Å². The first kappa shape index (κ1) is 16.6. The highest BCUT2D eigenvalue weighted by atomic mass is 16.6. The van der Waals surface area contributed by atoms with Crippen molar-refractivity contribution in [3.63, 3.8) is 0 Å². The average molecular weight is 257 g/mol. The van der Waals surface area contributed by atoms with Crippen LogP contribution in [0.15, 0.2) is 11.6 Å². The highest BCUT2D eigenvalue weighted by Gasteiger charge is 2.24. The van der Waals surface area contributed by atoms with Crippen molar-refractivity contribution in [1.82, 2.24) is 0 Å². The van der Waals surface area contributed by atoms with Crippen molar-refractivity contribution in [2.75, 3.05) is 6.61 Å². The molecule has 0 rings (SSSR count). The molecular weight excluding hydrogens is 234 g/mol. The van der Waals surface area contributed by atoms with Gasteiger partial charge in [-0.15, -0.1) is 0 Å². The lowest BCUT2D eigenvalue weighted by molar-refractivity contribution is -0.527. The molecule has 0 aromatic heterocycles. The molecular formula is C13H23NO4. The van der Waals surface area contributed by atoms with Gasteiger partial charge in [-0.05, 0) is 32.6 Å². The van der Waals surface area contributed by atoms with E-state index in [1.165, 1.54) is 12.5 Å². The quantitative estimate of drug-likeness (QED) is 0.290. The molecule has 0 spiro atoms. The Morgan fingerprint density at radius 3 is 2.44 bits per heavy atom. The van der Waals surface area contributed by atoms with Crippen LogP contribution in [0.2, 0.25) is 0 Å². The molecule has 5 nitrogen and oxygen atoms in total. The van der Waals surface area contributed by atoms with Gasteiger partial charge in [-0.1, -0.05) is 18.6 Å². The molecule has 5 heteroatoms. The van der Waals surface area contributed by atoms with Crippen LogP contribution in [0.4, 0.5) is 0 Å². The zero-order valence-electron chi connectivity index (χ0n) is 11.6. The van der Waals surface area contributed by atoms with Crippen LogP contribution in [-0.4, -0.2) is 23.5 Å². The normalized spacial score (nSPS) is 13.6. The number of allylic oxidation sites excluding steroid dienone is 2. The zero-order chi connectivity index (χ0) is 14.1. The van der Waals surface area contributed by atoms with E-state index in [-0.39, 0.29) is 17.4 Å². The summed E-state index contributed by atoms with van der Waals surface area (Å²) in [5, 5.41) is 10.8. The number of nitrogens with zero attached hydrogens (tertiary/aromatic N) is 1. The first-order valence-electron chi connectivity index (χ1n) is 6.23. The van der Waals surface area contributed by atoms with Crippen LogP contribution in [-0.2, 0) is 9.53 Å². The van der Waals surface area contributed by atoms with E-state index in [9.17, 15) is 14.9 Å². The summed E-state index contributed by atoms with van der Waals surface area (Å²) in [6.45, 7) is 7.18. The maximum atomic E-state index is 10.8. The Labute approximate surface area is 108 Å². The van der Waals surface area contributed by atoms with E-state index in [1.807, 2.05) is 20.8 Å². The van der Waals surface area contributed by atoms with Crippen molar-refractivity contribution in [3.8, 4) is 0 Å². The van der Waals surface area contributed by atoms with Gasteiger partial charge < -0.3 is 4.74 Å². The summed E-state index contributed by atoms with van der Waals surface area (Å²) in [6, 6.07) is -0.796. The number of nitro groups is 1. The first-order chi connectivity index (χ1) is 8.32. The highest BCUT2D eigenvalue weighted by Crippen LogP contribution is 2.16. The van der Waals surface area contributed by atoms with Gasteiger partial charge >= 0.3 is 5.97 Å². The molecule has 0 saturated carbocycles. The van der Waals surface area contributed by atoms with Gasteiger partial charge in [0.05, 0.1) is 0 Å². The second-order valence-corrected chi connectivity index (χ2v) is 4.94. The van der Waals surface area contributed by atoms with Crippen molar-refractivity contribution in [1.29, 1.82) is 0 Å². The van der Waals surface area contributed by atoms with Crippen LogP contribution >= 0.6 is 0 Å². The summed E-state index contributed by atoms with van der Waals surface area (Å²) in [4.78, 5) is 21.1. The molecule has 0 aliphatic carbocycles. The Bertz CT molecular complexity index is 308. The molecule has 0 aliphatic heterocycles. The SMILES string of the molecule is CC(=O)OCC(CC(C)CCC=C(C)C)[N+](=O)[O-]. The Kier molecular flexibility index (Phi) is 8.00. The number of rotatable bonds is 8. The van der Waals surface area contributed by atoms with Crippen molar-refractivity contribution in [3.05, 3.63) is 21.8 Å². The third-order valence-corrected chi connectivity index (χ3v) is 2.66. The smallest absolute Gasteiger partial charge is 0.302 e. The maximum absolute atomic E-state index is 10.8. The van der Waals surface area contributed by atoms with E-state index in [1.54, 1.807) is 0 Å². The highest BCUT2D eigenvalue weighted by molar-refractivity contribution is 5.65. The van der Waals surface area contributed by atoms with Gasteiger partial charge in [0.2, 0.25) is 6.04 Å². The second-order valence-electron chi connectivity index (χ2n) is 4.94. The summed E-state index contributed by atoms with van der Waals surface area (Å²) in [6.07, 6.45) is 4.41. The van der Waals surface area contributed by atoms with Gasteiger partial charge in [-0.3, -0.25) is 14.9 Å². The monoisotopic (exact) mass is 257 g/mol. The summed E-state index contributed by atoms with van der Waals surface area (Å²) in [5.74, 6) is -0.231. The zero-order valence-corrected chi connectivity index (χ0v) is 11.6. The van der Waals surface area contributed by atoms with Gasteiger partial charge in [0.1, 0.15) is 0 Å². The Hall–Kier alpha value is -1.39. The van der Waals surface area contributed by atoms with E-state index >= 15 is 0 Å². The minimum atomic E-state index is -0.796. The molecule has 0 heterocycles. The van der Waals surface area contributed by atoms with Gasteiger partial charge in [0.15, 0.2) is 6.61 Å². The fourth-order valence-corrected chi connectivity index (χ4v) is 1.67. The van der Waals surface area contributed by atoms with Gasteiger partial charge in [-0.2, -0.15) is 0 Å². The van der Waals surface area contributed by atoms with E-state index in [2.05, 4.69) is 6.08 Å². The Balaban J connectivity index is 4.11. The average Bonchev–Trinajstić information content (AvgIpc) is 2.22.